The van der Waals surface area contributed by atoms with E-state index in [2.05, 4.69) is 25.6 Å². The van der Waals surface area contributed by atoms with Crippen LogP contribution in [-0.4, -0.2) is 92.7 Å². The summed E-state index contributed by atoms with van der Waals surface area (Å²) in [5, 5.41) is 11.5. The van der Waals surface area contributed by atoms with Crippen LogP contribution in [0.5, 0.6) is 0 Å². The molecule has 4 N–H and O–H groups in total. The molecule has 1 saturated carbocycles. The highest BCUT2D eigenvalue weighted by Gasteiger charge is 2.48. The number of fused-ring (bicyclic) bond motifs is 1. The summed E-state index contributed by atoms with van der Waals surface area (Å²) in [4.78, 5) is 35.2. The van der Waals surface area contributed by atoms with Crippen LogP contribution in [0, 0.1) is 11.7 Å². The molecule has 10 nitrogen and oxygen atoms in total. The Morgan fingerprint density at radius 1 is 1.00 bits per heavy atom. The zero-order chi connectivity index (χ0) is 30.0. The molecule has 0 bridgehead atoms. The second kappa shape index (κ2) is 13.0. The fourth-order valence-corrected chi connectivity index (χ4v) is 8.00. The van der Waals surface area contributed by atoms with Gasteiger partial charge < -0.3 is 21.3 Å². The molecule has 2 amide bonds. The van der Waals surface area contributed by atoms with Gasteiger partial charge in [0.25, 0.3) is 5.91 Å². The Morgan fingerprint density at radius 3 is 2.30 bits per heavy atom. The minimum Gasteiger partial charge on any atom is -0.381 e. The average Bonchev–Trinajstić information content (AvgIpc) is 3.29. The molecular formula is C31H46F2N8O2. The molecule has 2 atom stereocenters. The first-order chi connectivity index (χ1) is 20.8. The second-order valence-corrected chi connectivity index (χ2v) is 13.2. The maximum Gasteiger partial charge on any atom is 0.259 e. The Balaban J connectivity index is 1.26. The first kappa shape index (κ1) is 30.2. The molecule has 1 spiro atoms. The lowest BCUT2D eigenvalue weighted by Crippen LogP contribution is -2.72. The van der Waals surface area contributed by atoms with Gasteiger partial charge >= 0.3 is 0 Å². The van der Waals surface area contributed by atoms with Crippen molar-refractivity contribution in [2.24, 2.45) is 5.92 Å². The fourth-order valence-electron chi connectivity index (χ4n) is 8.00. The van der Waals surface area contributed by atoms with E-state index < -0.39 is 12.0 Å². The Kier molecular flexibility index (Phi) is 9.13. The molecule has 12 heteroatoms. The molecule has 3 saturated heterocycles. The van der Waals surface area contributed by atoms with Gasteiger partial charge in [0.15, 0.2) is 17.3 Å². The predicted octanol–water partition coefficient (Wildman–Crippen LogP) is 3.46. The van der Waals surface area contributed by atoms with Gasteiger partial charge in [-0.25, -0.2) is 18.3 Å². The van der Waals surface area contributed by atoms with E-state index in [9.17, 15) is 18.4 Å². The molecule has 43 heavy (non-hydrogen) atoms. The quantitative estimate of drug-likeness (QED) is 0.492. The number of nitrogen functional groups attached to an aromatic ring is 1. The van der Waals surface area contributed by atoms with E-state index in [4.69, 9.17) is 5.73 Å². The van der Waals surface area contributed by atoms with Gasteiger partial charge in [-0.2, -0.15) is 0 Å². The van der Waals surface area contributed by atoms with Crippen molar-refractivity contribution < 1.29 is 18.4 Å². The Morgan fingerprint density at radius 2 is 1.65 bits per heavy atom. The Hall–Kier alpha value is -2.86. The fraction of sp³-hybridized carbons (Fsp3) is 0.742. The molecule has 3 aliphatic heterocycles. The third-order valence-corrected chi connectivity index (χ3v) is 10.4. The first-order valence-electron chi connectivity index (χ1n) is 16.4. The number of amides is 2. The molecular weight excluding hydrogens is 554 g/mol. The minimum atomic E-state index is -0.891. The van der Waals surface area contributed by atoms with E-state index in [1.807, 2.05) is 0 Å². The number of nitrogens with one attached hydrogen (secondary N) is 2. The minimum absolute atomic E-state index is 0.0215. The molecule has 236 valence electrons. The molecule has 2 aromatic rings. The van der Waals surface area contributed by atoms with Crippen molar-refractivity contribution in [3.05, 3.63) is 23.8 Å². The van der Waals surface area contributed by atoms with E-state index in [1.165, 1.54) is 49.2 Å². The molecule has 0 radical (unpaired) electrons. The van der Waals surface area contributed by atoms with Crippen molar-refractivity contribution in [3.63, 3.8) is 0 Å². The number of hydrogen-bond acceptors (Lipinski definition) is 7. The van der Waals surface area contributed by atoms with Gasteiger partial charge in [0.2, 0.25) is 5.91 Å². The molecule has 2 aromatic heterocycles. The molecule has 5 heterocycles. The number of carbonyl (C=O) groups excluding carboxylic acids is 2. The lowest BCUT2D eigenvalue weighted by Gasteiger charge is -2.53. The number of anilines is 1. The number of piperidine rings is 2. The largest absolute Gasteiger partial charge is 0.381 e. The van der Waals surface area contributed by atoms with Crippen molar-refractivity contribution >= 4 is 23.3 Å². The van der Waals surface area contributed by atoms with Gasteiger partial charge in [-0.05, 0) is 51.7 Å². The molecule has 4 aliphatic rings. The summed E-state index contributed by atoms with van der Waals surface area (Å²) < 4.78 is 28.5. The molecule has 4 fully saturated rings. The number of nitrogens with zero attached hydrogens (tertiary/aromatic N) is 5. The summed E-state index contributed by atoms with van der Waals surface area (Å²) in [7, 11) is 0. The summed E-state index contributed by atoms with van der Waals surface area (Å²) in [6.45, 7) is 2.82. The molecule has 6 rings (SSSR count). The van der Waals surface area contributed by atoms with Crippen LogP contribution in [0.4, 0.5) is 14.6 Å². The number of rotatable bonds is 4. The van der Waals surface area contributed by atoms with Crippen LogP contribution in [0.15, 0.2) is 12.4 Å². The SMILES string of the molecule is Nc1nn2cc(F)cnc2c1C(=O)NC1C(N2CCC(C(=O)N3CC(F)C3)CC2)CCNC12CCCCCCCCCC2. The van der Waals surface area contributed by atoms with Gasteiger partial charge in [-0.3, -0.25) is 14.5 Å². The van der Waals surface area contributed by atoms with Crippen LogP contribution in [0.25, 0.3) is 5.65 Å². The number of aromatic nitrogens is 3. The number of hydrogen-bond donors (Lipinski definition) is 3. The van der Waals surface area contributed by atoms with Gasteiger partial charge in [-0.1, -0.05) is 51.4 Å². The monoisotopic (exact) mass is 600 g/mol. The third-order valence-electron chi connectivity index (χ3n) is 10.4. The Labute approximate surface area is 252 Å². The summed E-state index contributed by atoms with van der Waals surface area (Å²) >= 11 is 0. The van der Waals surface area contributed by atoms with Gasteiger partial charge in [0, 0.05) is 17.5 Å². The van der Waals surface area contributed by atoms with Crippen LogP contribution >= 0.6 is 0 Å². The maximum absolute atomic E-state index is 14.1. The van der Waals surface area contributed by atoms with Crippen LogP contribution < -0.4 is 16.4 Å². The molecule has 2 unspecified atom stereocenters. The zero-order valence-electron chi connectivity index (χ0n) is 25.1. The van der Waals surface area contributed by atoms with Crippen LogP contribution in [0.2, 0.25) is 0 Å². The van der Waals surface area contributed by atoms with E-state index in [0.29, 0.717) is 0 Å². The van der Waals surface area contributed by atoms with Crippen LogP contribution in [0.1, 0.15) is 93.8 Å². The highest BCUT2D eigenvalue weighted by Crippen LogP contribution is 2.36. The van der Waals surface area contributed by atoms with Crippen molar-refractivity contribution in [2.45, 2.75) is 107 Å². The third kappa shape index (κ3) is 6.36. The smallest absolute Gasteiger partial charge is 0.259 e. The van der Waals surface area contributed by atoms with E-state index in [0.717, 1.165) is 70.8 Å². The number of nitrogens with two attached hydrogens (primary N) is 1. The van der Waals surface area contributed by atoms with E-state index >= 15 is 0 Å². The van der Waals surface area contributed by atoms with Crippen molar-refractivity contribution in [3.8, 4) is 0 Å². The average molecular weight is 601 g/mol. The van der Waals surface area contributed by atoms with Crippen molar-refractivity contribution in [1.82, 2.24) is 35.0 Å². The maximum atomic E-state index is 14.1. The first-order valence-corrected chi connectivity index (χ1v) is 16.4. The highest BCUT2D eigenvalue weighted by atomic mass is 19.1. The van der Waals surface area contributed by atoms with Gasteiger partial charge in [0.1, 0.15) is 11.7 Å². The van der Waals surface area contributed by atoms with Crippen molar-refractivity contribution in [2.75, 3.05) is 38.5 Å². The number of halogens is 2. The van der Waals surface area contributed by atoms with Gasteiger partial charge in [0.05, 0.1) is 31.5 Å². The van der Waals surface area contributed by atoms with E-state index in [-0.39, 0.29) is 65.5 Å². The number of carbonyl (C=O) groups is 2. The van der Waals surface area contributed by atoms with Crippen LogP contribution in [0.3, 0.4) is 0 Å². The van der Waals surface area contributed by atoms with Gasteiger partial charge in [-0.15, -0.1) is 5.10 Å². The summed E-state index contributed by atoms with van der Waals surface area (Å²) in [5.74, 6) is -0.878. The number of alkyl halides is 1. The molecule has 1 aliphatic carbocycles. The lowest BCUT2D eigenvalue weighted by atomic mass is 9.72. The highest BCUT2D eigenvalue weighted by molar-refractivity contribution is 6.04. The van der Waals surface area contributed by atoms with Crippen LogP contribution in [-0.2, 0) is 4.79 Å². The second-order valence-electron chi connectivity index (χ2n) is 13.2. The standard InChI is InChI=1S/C31H46F2N8O2/c32-22-17-35-28-25(27(34)38-41(28)20-22)29(42)37-26-24(39-15-10-21(11-16-39)30(43)40-18-23(33)19-40)9-14-36-31(26)12-7-5-3-1-2-4-6-8-13-31/h17,20-21,23-24,26,36H,1-16,18-19H2,(H2,34,38)(H,37,42). The topological polar surface area (TPSA) is 121 Å². The predicted molar refractivity (Wildman–Crippen MR) is 160 cm³/mol. The summed E-state index contributed by atoms with van der Waals surface area (Å²) in [6, 6.07) is -0.113. The molecule has 0 aromatic carbocycles. The normalized spacial score (nSPS) is 26.6. The van der Waals surface area contributed by atoms with E-state index in [1.54, 1.807) is 4.90 Å². The summed E-state index contributed by atoms with van der Waals surface area (Å²) in [5.41, 5.74) is 6.33. The lowest BCUT2D eigenvalue weighted by molar-refractivity contribution is -0.144. The summed E-state index contributed by atoms with van der Waals surface area (Å²) in [6.07, 6.45) is 15.2. The Bertz CT molecular complexity index is 1280. The number of likely N-dealkylation sites (tertiary alicyclic amines) is 2. The van der Waals surface area contributed by atoms with Crippen molar-refractivity contribution in [1.29, 1.82) is 0 Å². The zero-order valence-corrected chi connectivity index (χ0v) is 25.1.